The lowest BCUT2D eigenvalue weighted by Gasteiger charge is -2.31. The van der Waals surface area contributed by atoms with Gasteiger partial charge in [-0.15, -0.1) is 24.7 Å². The third-order valence-electron chi connectivity index (χ3n) is 6.35. The minimum Gasteiger partial charge on any atom is -0.120 e. The van der Waals surface area contributed by atoms with E-state index in [4.69, 9.17) is 12.8 Å². The molecule has 0 aliphatic rings. The maximum absolute atomic E-state index is 5.45. The van der Waals surface area contributed by atoms with Crippen LogP contribution in [-0.2, 0) is 23.7 Å². The van der Waals surface area contributed by atoms with Crippen LogP contribution in [0.2, 0.25) is 0 Å². The van der Waals surface area contributed by atoms with Crippen molar-refractivity contribution in [3.63, 3.8) is 0 Å². The van der Waals surface area contributed by atoms with Crippen molar-refractivity contribution >= 4 is 0 Å². The van der Waals surface area contributed by atoms with E-state index >= 15 is 0 Å². The number of rotatable bonds is 7. The van der Waals surface area contributed by atoms with Crippen LogP contribution in [0.3, 0.4) is 0 Å². The van der Waals surface area contributed by atoms with Crippen LogP contribution in [0, 0.1) is 24.7 Å². The van der Waals surface area contributed by atoms with Gasteiger partial charge in [0.05, 0.1) is 0 Å². The third kappa shape index (κ3) is 5.14. The molecule has 0 saturated carbocycles. The summed E-state index contributed by atoms with van der Waals surface area (Å²) < 4.78 is 0. The van der Waals surface area contributed by atoms with E-state index in [0.717, 1.165) is 0 Å². The molecule has 0 spiro atoms. The molecule has 0 atom stereocenters. The number of benzene rings is 2. The van der Waals surface area contributed by atoms with E-state index < -0.39 is 0 Å². The van der Waals surface area contributed by atoms with Gasteiger partial charge in [0.1, 0.15) is 0 Å². The van der Waals surface area contributed by atoms with Crippen molar-refractivity contribution in [2.24, 2.45) is 0 Å². The van der Waals surface area contributed by atoms with E-state index in [1.807, 2.05) is 0 Å². The van der Waals surface area contributed by atoms with E-state index in [1.165, 1.54) is 33.4 Å². The van der Waals surface area contributed by atoms with Crippen LogP contribution >= 0.6 is 0 Å². The van der Waals surface area contributed by atoms with E-state index in [0.29, 0.717) is 12.8 Å². The Morgan fingerprint density at radius 2 is 1.17 bits per heavy atom. The van der Waals surface area contributed by atoms with Crippen molar-refractivity contribution in [2.75, 3.05) is 0 Å². The second kappa shape index (κ2) is 9.69. The zero-order valence-electron chi connectivity index (χ0n) is 19.3. The van der Waals surface area contributed by atoms with E-state index in [-0.39, 0.29) is 10.8 Å². The lowest BCUT2D eigenvalue weighted by Crippen LogP contribution is -2.23. The Labute approximate surface area is 184 Å². The van der Waals surface area contributed by atoms with Crippen LogP contribution in [0.25, 0.3) is 0 Å². The lowest BCUT2D eigenvalue weighted by atomic mass is 9.73. The summed E-state index contributed by atoms with van der Waals surface area (Å²) in [5.41, 5.74) is 7.41. The van der Waals surface area contributed by atoms with Crippen LogP contribution in [0.1, 0.15) is 63.8 Å². The monoisotopic (exact) mass is 394 g/mol. The minimum atomic E-state index is -0.0998. The summed E-state index contributed by atoms with van der Waals surface area (Å²) in [6, 6.07) is 17.4. The lowest BCUT2D eigenvalue weighted by molar-refractivity contribution is 0.606. The number of hydrogen-bond acceptors (Lipinski definition) is 0. The van der Waals surface area contributed by atoms with Gasteiger partial charge in [-0.2, -0.15) is 0 Å². The molecule has 0 radical (unpaired) electrons. The molecule has 0 heterocycles. The average Bonchev–Trinajstić information content (AvgIpc) is 2.73. The maximum atomic E-state index is 5.45. The number of allylic oxidation sites excluding steroid dienone is 4. The van der Waals surface area contributed by atoms with Crippen molar-refractivity contribution < 1.29 is 0 Å². The summed E-state index contributed by atoms with van der Waals surface area (Å²) in [5.74, 6) is 5.43. The summed E-state index contributed by atoms with van der Waals surface area (Å²) in [6.45, 7) is 13.5. The largest absolute Gasteiger partial charge is 0.120 e. The van der Waals surface area contributed by atoms with Crippen molar-refractivity contribution in [2.45, 2.75) is 65.2 Å². The molecule has 30 heavy (non-hydrogen) atoms. The topological polar surface area (TPSA) is 0 Å². The van der Waals surface area contributed by atoms with Crippen LogP contribution in [0.5, 0.6) is 0 Å². The normalized spacial score (nSPS) is 12.9. The Bertz CT molecular complexity index is 992. The number of terminal acetylenes is 2. The van der Waals surface area contributed by atoms with Gasteiger partial charge in [-0.3, -0.25) is 0 Å². The van der Waals surface area contributed by atoms with Crippen molar-refractivity contribution in [3.8, 4) is 24.7 Å². The van der Waals surface area contributed by atoms with Gasteiger partial charge >= 0.3 is 0 Å². The fraction of sp³-hybridized carbons (Fsp3) is 0.333. The molecule has 0 bridgehead atoms. The summed E-state index contributed by atoms with van der Waals surface area (Å²) in [6.07, 6.45) is 16.8. The first-order valence-corrected chi connectivity index (χ1v) is 10.6. The molecule has 0 aliphatic heterocycles. The molecule has 0 amide bonds. The Kier molecular flexibility index (Phi) is 7.54. The van der Waals surface area contributed by atoms with Crippen LogP contribution < -0.4 is 0 Å². The van der Waals surface area contributed by atoms with Gasteiger partial charge in [0.15, 0.2) is 0 Å². The minimum absolute atomic E-state index is 0.0737. The molecule has 0 saturated heterocycles. The van der Waals surface area contributed by atoms with Gasteiger partial charge in [0, 0.05) is 23.7 Å². The predicted octanol–water partition coefficient (Wildman–Crippen LogP) is 7.19. The van der Waals surface area contributed by atoms with Crippen LogP contribution in [0.15, 0.2) is 71.8 Å². The molecule has 0 unspecified atom stereocenters. The van der Waals surface area contributed by atoms with Crippen LogP contribution in [0.4, 0.5) is 0 Å². The summed E-state index contributed by atoms with van der Waals surface area (Å²) in [4.78, 5) is 0. The average molecular weight is 395 g/mol. The van der Waals surface area contributed by atoms with E-state index in [9.17, 15) is 0 Å². The van der Waals surface area contributed by atoms with Gasteiger partial charge in [0.25, 0.3) is 0 Å². The maximum Gasteiger partial charge on any atom is 0.0337 e. The SMILES string of the molecule is C#CCc1ccc(C(C)(C)/C(C)=C/C(=C\C)C(C)(C)c2ccc(CC#C)cc2)cc1. The highest BCUT2D eigenvalue weighted by atomic mass is 14.3. The van der Waals surface area contributed by atoms with Crippen molar-refractivity contribution in [1.29, 1.82) is 0 Å². The van der Waals surface area contributed by atoms with Gasteiger partial charge in [-0.1, -0.05) is 94.0 Å². The second-order valence-corrected chi connectivity index (χ2v) is 8.98. The Morgan fingerprint density at radius 3 is 1.53 bits per heavy atom. The molecular formula is C30H34. The zero-order chi connectivity index (χ0) is 22.4. The molecule has 0 N–H and O–H groups in total. The Hall–Kier alpha value is -2.96. The summed E-state index contributed by atoms with van der Waals surface area (Å²) in [7, 11) is 0. The Balaban J connectivity index is 2.34. The molecule has 0 aliphatic carbocycles. The fourth-order valence-electron chi connectivity index (χ4n) is 3.75. The first-order chi connectivity index (χ1) is 14.2. The molecule has 0 aromatic heterocycles. The van der Waals surface area contributed by atoms with Gasteiger partial charge in [-0.05, 0) is 41.7 Å². The van der Waals surface area contributed by atoms with Gasteiger partial charge in [0.2, 0.25) is 0 Å². The predicted molar refractivity (Wildman–Crippen MR) is 132 cm³/mol. The summed E-state index contributed by atoms with van der Waals surface area (Å²) in [5, 5.41) is 0. The summed E-state index contributed by atoms with van der Waals surface area (Å²) >= 11 is 0. The molecule has 0 nitrogen and oxygen atoms in total. The van der Waals surface area contributed by atoms with Crippen molar-refractivity contribution in [3.05, 3.63) is 94.1 Å². The smallest absolute Gasteiger partial charge is 0.0337 e. The standard InChI is InChI=1S/C30H34/c1-9-12-24-14-18-27(19-15-24)29(5,6)23(4)22-26(11-3)30(7,8)28-20-16-25(13-10-2)17-21-28/h1-2,11,14-22H,12-13H2,3-8H3/b23-22+,26-11+. The molecule has 2 rings (SSSR count). The first kappa shape index (κ1) is 23.3. The quantitative estimate of drug-likeness (QED) is 0.344. The highest BCUT2D eigenvalue weighted by molar-refractivity contribution is 5.45. The van der Waals surface area contributed by atoms with Crippen LogP contribution in [-0.4, -0.2) is 0 Å². The first-order valence-electron chi connectivity index (χ1n) is 10.6. The van der Waals surface area contributed by atoms with E-state index in [2.05, 4.69) is 114 Å². The molecule has 0 heteroatoms. The molecule has 2 aromatic rings. The van der Waals surface area contributed by atoms with Gasteiger partial charge in [-0.25, -0.2) is 0 Å². The molecule has 2 aromatic carbocycles. The zero-order valence-corrected chi connectivity index (χ0v) is 19.3. The van der Waals surface area contributed by atoms with Crippen molar-refractivity contribution in [1.82, 2.24) is 0 Å². The molecular weight excluding hydrogens is 360 g/mol. The molecule has 0 fully saturated rings. The van der Waals surface area contributed by atoms with Gasteiger partial charge < -0.3 is 0 Å². The third-order valence-corrected chi connectivity index (χ3v) is 6.35. The molecule has 154 valence electrons. The fourth-order valence-corrected chi connectivity index (χ4v) is 3.75. The van der Waals surface area contributed by atoms with E-state index in [1.54, 1.807) is 0 Å². The highest BCUT2D eigenvalue weighted by Crippen LogP contribution is 2.37. The number of hydrogen-bond donors (Lipinski definition) is 0. The highest BCUT2D eigenvalue weighted by Gasteiger charge is 2.27. The Morgan fingerprint density at radius 1 is 0.767 bits per heavy atom. The second-order valence-electron chi connectivity index (χ2n) is 8.98.